The number of rotatable bonds is 3. The largest absolute Gasteiger partial charge is 0.504 e. The van der Waals surface area contributed by atoms with Crippen molar-refractivity contribution in [3.8, 4) is 17.6 Å². The van der Waals surface area contributed by atoms with Gasteiger partial charge < -0.3 is 15.6 Å². The van der Waals surface area contributed by atoms with Crippen molar-refractivity contribution in [2.75, 3.05) is 7.11 Å². The molecule has 6 heteroatoms. The molecule has 0 bridgehead atoms. The van der Waals surface area contributed by atoms with Gasteiger partial charge in [0.1, 0.15) is 0 Å². The van der Waals surface area contributed by atoms with E-state index in [0.29, 0.717) is 11.1 Å². The summed E-state index contributed by atoms with van der Waals surface area (Å²) >= 11 is 1.50. The average Bonchev–Trinajstić information content (AvgIpc) is 2.92. The van der Waals surface area contributed by atoms with Gasteiger partial charge in [-0.25, -0.2) is 0 Å². The van der Waals surface area contributed by atoms with Crippen LogP contribution >= 0.6 is 23.7 Å². The number of benzene rings is 1. The van der Waals surface area contributed by atoms with Crippen molar-refractivity contribution < 1.29 is 9.84 Å². The maximum Gasteiger partial charge on any atom is 0.162 e. The van der Waals surface area contributed by atoms with Crippen molar-refractivity contribution >= 4 is 23.7 Å². The van der Waals surface area contributed by atoms with E-state index >= 15 is 0 Å². The molecule has 19 heavy (non-hydrogen) atoms. The molecule has 0 aliphatic carbocycles. The molecule has 2 aromatic rings. The van der Waals surface area contributed by atoms with Crippen LogP contribution in [0.15, 0.2) is 29.6 Å². The number of phenolic OH excluding ortho intramolecular Hbond substituents is 1. The summed E-state index contributed by atoms with van der Waals surface area (Å²) in [6.07, 6.45) is 0. The van der Waals surface area contributed by atoms with Gasteiger partial charge >= 0.3 is 0 Å². The van der Waals surface area contributed by atoms with E-state index in [-0.39, 0.29) is 23.9 Å². The Kier molecular flexibility index (Phi) is 5.19. The quantitative estimate of drug-likeness (QED) is 0.913. The second-order valence-electron chi connectivity index (χ2n) is 3.72. The Morgan fingerprint density at radius 1 is 1.47 bits per heavy atom. The number of ether oxygens (including phenoxy) is 1. The molecule has 0 aliphatic rings. The van der Waals surface area contributed by atoms with Crippen LogP contribution in [0.4, 0.5) is 0 Å². The number of aromatic hydroxyl groups is 1. The van der Waals surface area contributed by atoms with Crippen molar-refractivity contribution in [3.63, 3.8) is 0 Å². The lowest BCUT2D eigenvalue weighted by molar-refractivity contribution is 0.369. The fourth-order valence-corrected chi connectivity index (χ4v) is 2.45. The summed E-state index contributed by atoms with van der Waals surface area (Å²) < 4.78 is 5.04. The number of halogens is 1. The average molecular weight is 297 g/mol. The molecule has 0 unspecified atom stereocenters. The first-order valence-electron chi connectivity index (χ1n) is 5.27. The summed E-state index contributed by atoms with van der Waals surface area (Å²) in [6.45, 7) is 0. The smallest absolute Gasteiger partial charge is 0.162 e. The molecule has 2 rings (SSSR count). The molecule has 0 aliphatic heterocycles. The van der Waals surface area contributed by atoms with Gasteiger partial charge in [-0.3, -0.25) is 0 Å². The van der Waals surface area contributed by atoms with Crippen LogP contribution in [-0.2, 0) is 0 Å². The highest BCUT2D eigenvalue weighted by Gasteiger charge is 2.18. The minimum absolute atomic E-state index is 0. The molecule has 1 atom stereocenters. The molecule has 0 radical (unpaired) electrons. The fraction of sp³-hybridized carbons (Fsp3) is 0.154. The van der Waals surface area contributed by atoms with Crippen molar-refractivity contribution in [1.29, 1.82) is 5.26 Å². The summed E-state index contributed by atoms with van der Waals surface area (Å²) in [5.41, 5.74) is 7.00. The standard InChI is InChI=1S/C13H12N2O2S.ClH/c1-17-10-6-8(7-14)5-9(13(10)16)12(15)11-3-2-4-18-11;/h2-6,12,16H,15H2,1H3;1H/t12-;/m0./s1. The second kappa shape index (κ2) is 6.43. The van der Waals surface area contributed by atoms with E-state index < -0.39 is 6.04 Å². The van der Waals surface area contributed by atoms with Gasteiger partial charge in [0.15, 0.2) is 11.5 Å². The Morgan fingerprint density at radius 3 is 2.74 bits per heavy atom. The molecule has 1 aromatic heterocycles. The Balaban J connectivity index is 0.00000180. The van der Waals surface area contributed by atoms with Gasteiger partial charge in [-0.2, -0.15) is 5.26 Å². The second-order valence-corrected chi connectivity index (χ2v) is 4.70. The normalized spacial score (nSPS) is 11.2. The van der Waals surface area contributed by atoms with Crippen LogP contribution in [-0.4, -0.2) is 12.2 Å². The van der Waals surface area contributed by atoms with Crippen molar-refractivity contribution in [2.45, 2.75) is 6.04 Å². The molecule has 1 aromatic carbocycles. The van der Waals surface area contributed by atoms with Crippen LogP contribution < -0.4 is 10.5 Å². The highest BCUT2D eigenvalue weighted by molar-refractivity contribution is 7.10. The Labute approximate surface area is 121 Å². The lowest BCUT2D eigenvalue weighted by atomic mass is 10.0. The van der Waals surface area contributed by atoms with E-state index in [9.17, 15) is 5.11 Å². The van der Waals surface area contributed by atoms with Gasteiger partial charge in [0, 0.05) is 16.5 Å². The molecular formula is C13H13ClN2O2S. The van der Waals surface area contributed by atoms with Crippen LogP contribution in [0.2, 0.25) is 0 Å². The van der Waals surface area contributed by atoms with Crippen LogP contribution in [0.5, 0.6) is 11.5 Å². The zero-order valence-corrected chi connectivity index (χ0v) is 11.8. The lowest BCUT2D eigenvalue weighted by Crippen LogP contribution is -2.11. The van der Waals surface area contributed by atoms with Crippen LogP contribution in [0.25, 0.3) is 0 Å². The third kappa shape index (κ3) is 2.99. The van der Waals surface area contributed by atoms with Crippen LogP contribution in [0, 0.1) is 11.3 Å². The molecule has 100 valence electrons. The highest BCUT2D eigenvalue weighted by atomic mass is 35.5. The summed E-state index contributed by atoms with van der Waals surface area (Å²) in [5, 5.41) is 20.9. The van der Waals surface area contributed by atoms with Crippen LogP contribution in [0.1, 0.15) is 22.0 Å². The maximum atomic E-state index is 10.1. The summed E-state index contributed by atoms with van der Waals surface area (Å²) in [4.78, 5) is 0.919. The Bertz CT molecular complexity index is 593. The van der Waals surface area contributed by atoms with E-state index in [2.05, 4.69) is 0 Å². The molecule has 3 N–H and O–H groups in total. The number of nitrogens with two attached hydrogens (primary N) is 1. The van der Waals surface area contributed by atoms with Gasteiger partial charge in [-0.1, -0.05) is 6.07 Å². The number of thiophene rings is 1. The minimum Gasteiger partial charge on any atom is -0.504 e. The SMILES string of the molecule is COc1cc(C#N)cc([C@H](N)c2cccs2)c1O.Cl. The van der Waals surface area contributed by atoms with Gasteiger partial charge in [-0.05, 0) is 17.5 Å². The van der Waals surface area contributed by atoms with Crippen molar-refractivity contribution in [1.82, 2.24) is 0 Å². The number of methoxy groups -OCH3 is 1. The predicted octanol–water partition coefficient (Wildman–Crippen LogP) is 2.80. The lowest BCUT2D eigenvalue weighted by Gasteiger charge is -2.14. The Hall–Kier alpha value is -1.74. The maximum absolute atomic E-state index is 10.1. The first-order valence-corrected chi connectivity index (χ1v) is 6.15. The van der Waals surface area contributed by atoms with Crippen molar-refractivity contribution in [3.05, 3.63) is 45.6 Å². The van der Waals surface area contributed by atoms with E-state index in [1.54, 1.807) is 6.07 Å². The van der Waals surface area contributed by atoms with Crippen molar-refractivity contribution in [2.24, 2.45) is 5.73 Å². The van der Waals surface area contributed by atoms with E-state index in [4.69, 9.17) is 15.7 Å². The molecule has 1 heterocycles. The van der Waals surface area contributed by atoms with E-state index in [1.807, 2.05) is 23.6 Å². The highest BCUT2D eigenvalue weighted by Crippen LogP contribution is 2.37. The number of nitriles is 1. The number of hydrogen-bond donors (Lipinski definition) is 2. The number of phenols is 1. The zero-order valence-electron chi connectivity index (χ0n) is 10.2. The predicted molar refractivity (Wildman–Crippen MR) is 77.0 cm³/mol. The molecule has 0 saturated heterocycles. The van der Waals surface area contributed by atoms with Gasteiger partial charge in [0.05, 0.1) is 24.8 Å². The molecule has 0 saturated carbocycles. The fourth-order valence-electron chi connectivity index (χ4n) is 1.71. The van der Waals surface area contributed by atoms with E-state index in [0.717, 1.165) is 4.88 Å². The minimum atomic E-state index is -0.466. The van der Waals surface area contributed by atoms with E-state index in [1.165, 1.54) is 24.5 Å². The third-order valence-corrected chi connectivity index (χ3v) is 3.59. The molecule has 0 spiro atoms. The first-order chi connectivity index (χ1) is 8.67. The van der Waals surface area contributed by atoms with Gasteiger partial charge in [-0.15, -0.1) is 23.7 Å². The topological polar surface area (TPSA) is 79.3 Å². The van der Waals surface area contributed by atoms with Gasteiger partial charge in [0.25, 0.3) is 0 Å². The number of nitrogens with zero attached hydrogens (tertiary/aromatic N) is 1. The molecule has 0 fully saturated rings. The monoisotopic (exact) mass is 296 g/mol. The summed E-state index contributed by atoms with van der Waals surface area (Å²) in [5.74, 6) is 0.244. The number of hydrogen-bond acceptors (Lipinski definition) is 5. The van der Waals surface area contributed by atoms with Gasteiger partial charge in [0.2, 0.25) is 0 Å². The summed E-state index contributed by atoms with van der Waals surface area (Å²) in [6, 6.07) is 8.41. The Morgan fingerprint density at radius 2 is 2.21 bits per heavy atom. The third-order valence-electron chi connectivity index (χ3n) is 2.64. The molecule has 0 amide bonds. The zero-order chi connectivity index (χ0) is 13.1. The summed E-state index contributed by atoms with van der Waals surface area (Å²) in [7, 11) is 1.44. The molecular weight excluding hydrogens is 284 g/mol. The molecule has 4 nitrogen and oxygen atoms in total. The first kappa shape index (κ1) is 15.3. The van der Waals surface area contributed by atoms with Crippen LogP contribution in [0.3, 0.4) is 0 Å².